The minimum absolute atomic E-state index is 0.185. The molecule has 0 amide bonds. The first kappa shape index (κ1) is 14.7. The highest BCUT2D eigenvalue weighted by Crippen LogP contribution is 2.39. The number of hydrogen-bond donors (Lipinski definition) is 1. The second-order valence-electron chi connectivity index (χ2n) is 4.74. The summed E-state index contributed by atoms with van der Waals surface area (Å²) >= 11 is 3.50. The normalized spacial score (nSPS) is 18.9. The van der Waals surface area contributed by atoms with Crippen molar-refractivity contribution in [3.63, 3.8) is 0 Å². The van der Waals surface area contributed by atoms with Crippen LogP contribution in [-0.4, -0.2) is 27.9 Å². The van der Waals surface area contributed by atoms with Crippen molar-refractivity contribution in [2.24, 2.45) is 5.73 Å². The molecule has 21 heavy (non-hydrogen) atoms. The van der Waals surface area contributed by atoms with Crippen molar-refractivity contribution in [2.75, 3.05) is 17.8 Å². The number of para-hydroxylation sites is 1. The second-order valence-corrected chi connectivity index (χ2v) is 6.79. The molecular weight excluding hydrogens is 306 g/mol. The molecule has 0 fully saturated rings. The van der Waals surface area contributed by atoms with Gasteiger partial charge in [-0.3, -0.25) is 0 Å². The van der Waals surface area contributed by atoms with Crippen LogP contribution >= 0.6 is 23.5 Å². The van der Waals surface area contributed by atoms with Gasteiger partial charge in [-0.05, 0) is 30.6 Å². The largest absolute Gasteiger partial charge is 0.480 e. The van der Waals surface area contributed by atoms with Crippen LogP contribution in [0.4, 0.5) is 0 Å². The van der Waals surface area contributed by atoms with Crippen molar-refractivity contribution < 1.29 is 9.26 Å². The first-order valence-electron chi connectivity index (χ1n) is 6.74. The molecule has 2 aromatic rings. The third-order valence-corrected chi connectivity index (χ3v) is 4.97. The maximum atomic E-state index is 6.04. The van der Waals surface area contributed by atoms with Crippen LogP contribution in [-0.2, 0) is 0 Å². The Labute approximate surface area is 132 Å². The molecule has 0 aliphatic carbocycles. The van der Waals surface area contributed by atoms with Crippen LogP contribution < -0.4 is 10.5 Å². The van der Waals surface area contributed by atoms with E-state index in [1.807, 2.05) is 18.2 Å². The zero-order chi connectivity index (χ0) is 14.7. The Morgan fingerprint density at radius 2 is 2.33 bits per heavy atom. The van der Waals surface area contributed by atoms with Gasteiger partial charge in [0, 0.05) is 10.6 Å². The van der Waals surface area contributed by atoms with Gasteiger partial charge in [-0.15, -0.1) is 11.8 Å². The zero-order valence-corrected chi connectivity index (χ0v) is 13.3. The molecule has 1 aromatic carbocycles. The Morgan fingerprint density at radius 3 is 3.19 bits per heavy atom. The van der Waals surface area contributed by atoms with E-state index in [1.54, 1.807) is 23.5 Å². The van der Waals surface area contributed by atoms with Gasteiger partial charge in [0.25, 0.3) is 0 Å². The average molecular weight is 323 g/mol. The molecule has 2 N–H and O–H groups in total. The van der Waals surface area contributed by atoms with Crippen molar-refractivity contribution in [3.05, 3.63) is 36.0 Å². The van der Waals surface area contributed by atoms with Crippen LogP contribution in [0, 0.1) is 0 Å². The van der Waals surface area contributed by atoms with Crippen molar-refractivity contribution >= 4 is 23.5 Å². The van der Waals surface area contributed by atoms with Gasteiger partial charge in [0.05, 0.1) is 6.04 Å². The Kier molecular flexibility index (Phi) is 4.72. The van der Waals surface area contributed by atoms with E-state index >= 15 is 0 Å². The molecule has 2 atom stereocenters. The summed E-state index contributed by atoms with van der Waals surface area (Å²) in [6.07, 6.45) is 2.69. The summed E-state index contributed by atoms with van der Waals surface area (Å²) in [7, 11) is 0. The summed E-state index contributed by atoms with van der Waals surface area (Å²) in [5.74, 6) is 3.69. The summed E-state index contributed by atoms with van der Waals surface area (Å²) in [6.45, 7) is 0. The van der Waals surface area contributed by atoms with Gasteiger partial charge >= 0.3 is 0 Å². The van der Waals surface area contributed by atoms with E-state index in [2.05, 4.69) is 22.5 Å². The molecule has 1 aliphatic rings. The number of hydrogen-bond acceptors (Lipinski definition) is 7. The van der Waals surface area contributed by atoms with Gasteiger partial charge in [-0.2, -0.15) is 16.7 Å². The molecule has 5 nitrogen and oxygen atoms in total. The Morgan fingerprint density at radius 1 is 1.48 bits per heavy atom. The van der Waals surface area contributed by atoms with Crippen LogP contribution in [0.5, 0.6) is 5.75 Å². The number of fused-ring (bicyclic) bond motifs is 1. The fourth-order valence-electron chi connectivity index (χ4n) is 2.04. The Balaban J connectivity index is 1.70. The van der Waals surface area contributed by atoms with Crippen LogP contribution in [0.2, 0.25) is 0 Å². The average Bonchev–Trinajstić information content (AvgIpc) is 3.02. The number of nitrogens with zero attached hydrogens (tertiary/aromatic N) is 2. The minimum atomic E-state index is -0.206. The molecular formula is C14H17N3O2S2. The number of ether oxygens (including phenoxy) is 1. The van der Waals surface area contributed by atoms with Crippen LogP contribution in [0.25, 0.3) is 0 Å². The zero-order valence-electron chi connectivity index (χ0n) is 11.7. The summed E-state index contributed by atoms with van der Waals surface area (Å²) in [6, 6.07) is 7.77. The van der Waals surface area contributed by atoms with Gasteiger partial charge < -0.3 is 15.0 Å². The summed E-state index contributed by atoms with van der Waals surface area (Å²) in [5, 5.41) is 4.03. The molecule has 0 spiro atoms. The minimum Gasteiger partial charge on any atom is -0.480 e. The molecule has 1 aliphatic heterocycles. The molecule has 0 saturated carbocycles. The van der Waals surface area contributed by atoms with E-state index in [-0.39, 0.29) is 12.1 Å². The molecule has 2 heterocycles. The van der Waals surface area contributed by atoms with Gasteiger partial charge in [0.1, 0.15) is 5.75 Å². The van der Waals surface area contributed by atoms with Crippen LogP contribution in [0.1, 0.15) is 30.3 Å². The lowest BCUT2D eigenvalue weighted by atomic mass is 10.2. The summed E-state index contributed by atoms with van der Waals surface area (Å²) in [4.78, 5) is 5.56. The molecule has 0 saturated heterocycles. The van der Waals surface area contributed by atoms with E-state index in [0.717, 1.165) is 28.6 Å². The second kappa shape index (κ2) is 6.72. The molecule has 0 radical (unpaired) electrons. The van der Waals surface area contributed by atoms with E-state index in [0.29, 0.717) is 11.7 Å². The van der Waals surface area contributed by atoms with Gasteiger partial charge in [0.15, 0.2) is 6.10 Å². The first-order chi connectivity index (χ1) is 10.3. The first-order valence-corrected chi connectivity index (χ1v) is 9.12. The number of nitrogens with two attached hydrogens (primary N) is 1. The quantitative estimate of drug-likeness (QED) is 0.906. The molecule has 1 aromatic heterocycles. The van der Waals surface area contributed by atoms with Crippen molar-refractivity contribution in [3.8, 4) is 5.75 Å². The SMILES string of the molecule is CSCC[C@H](N)c1nc(C2CSc3ccccc3O2)no1. The highest BCUT2D eigenvalue weighted by molar-refractivity contribution is 7.99. The number of aromatic nitrogens is 2. The van der Waals surface area contributed by atoms with Crippen molar-refractivity contribution in [2.45, 2.75) is 23.5 Å². The predicted molar refractivity (Wildman–Crippen MR) is 84.8 cm³/mol. The topological polar surface area (TPSA) is 74.2 Å². The monoisotopic (exact) mass is 323 g/mol. The van der Waals surface area contributed by atoms with Crippen LogP contribution in [0.3, 0.4) is 0 Å². The highest BCUT2D eigenvalue weighted by atomic mass is 32.2. The maximum Gasteiger partial charge on any atom is 0.243 e. The molecule has 3 rings (SSSR count). The van der Waals surface area contributed by atoms with E-state index in [4.69, 9.17) is 15.0 Å². The fraction of sp³-hybridized carbons (Fsp3) is 0.429. The van der Waals surface area contributed by atoms with E-state index in [1.165, 1.54) is 0 Å². The molecule has 1 unspecified atom stereocenters. The third-order valence-electron chi connectivity index (χ3n) is 3.20. The standard InChI is InChI=1S/C14H17N3O2S2/c1-20-7-6-9(15)14-16-13(17-19-14)11-8-21-12-5-3-2-4-10(12)18-11/h2-5,9,11H,6-8,15H2,1H3/t9-,11?/m0/s1. The number of benzene rings is 1. The molecule has 7 heteroatoms. The Bertz CT molecular complexity index is 605. The highest BCUT2D eigenvalue weighted by Gasteiger charge is 2.27. The third kappa shape index (κ3) is 3.36. The maximum absolute atomic E-state index is 6.04. The summed E-state index contributed by atoms with van der Waals surface area (Å²) < 4.78 is 11.2. The van der Waals surface area contributed by atoms with Crippen LogP contribution in [0.15, 0.2) is 33.7 Å². The lowest BCUT2D eigenvalue weighted by Crippen LogP contribution is -2.17. The van der Waals surface area contributed by atoms with E-state index < -0.39 is 0 Å². The smallest absolute Gasteiger partial charge is 0.243 e. The summed E-state index contributed by atoms with van der Waals surface area (Å²) in [5.41, 5.74) is 6.04. The lowest BCUT2D eigenvalue weighted by Gasteiger charge is -2.22. The van der Waals surface area contributed by atoms with Gasteiger partial charge in [-0.1, -0.05) is 17.3 Å². The predicted octanol–water partition coefficient (Wildman–Crippen LogP) is 3.05. The van der Waals surface area contributed by atoms with Gasteiger partial charge in [-0.25, -0.2) is 0 Å². The van der Waals surface area contributed by atoms with Crippen molar-refractivity contribution in [1.82, 2.24) is 10.1 Å². The number of rotatable bonds is 5. The Hall–Kier alpha value is -1.18. The van der Waals surface area contributed by atoms with E-state index in [9.17, 15) is 0 Å². The van der Waals surface area contributed by atoms with Gasteiger partial charge in [0.2, 0.25) is 11.7 Å². The number of thioether (sulfide) groups is 2. The molecule has 112 valence electrons. The lowest BCUT2D eigenvalue weighted by molar-refractivity contribution is 0.205. The van der Waals surface area contributed by atoms with Crippen molar-refractivity contribution in [1.29, 1.82) is 0 Å². The molecule has 0 bridgehead atoms. The fourth-order valence-corrected chi connectivity index (χ4v) is 3.51.